The van der Waals surface area contributed by atoms with Crippen LogP contribution in [0.25, 0.3) is 0 Å². The van der Waals surface area contributed by atoms with Gasteiger partial charge in [0.2, 0.25) is 0 Å². The largest absolute Gasteiger partial charge is 0.479 e. The van der Waals surface area contributed by atoms with Crippen LogP contribution in [0, 0.1) is 10.1 Å². The zero-order valence-corrected chi connectivity index (χ0v) is 15.8. The smallest absolute Gasteiger partial charge is 0.408 e. The Bertz CT molecular complexity index is 872. The van der Waals surface area contributed by atoms with Crippen LogP contribution in [0.5, 0.6) is 0 Å². The van der Waals surface area contributed by atoms with E-state index in [0.29, 0.717) is 10.5 Å². The van der Waals surface area contributed by atoms with Gasteiger partial charge in [-0.2, -0.15) is 0 Å². The minimum Gasteiger partial charge on any atom is -0.479 e. The molecule has 1 fully saturated rings. The third-order valence-corrected chi connectivity index (χ3v) is 4.97. The molecule has 1 aromatic rings. The molecular weight excluding hydrogens is 410 g/mol. The van der Waals surface area contributed by atoms with Gasteiger partial charge < -0.3 is 24.6 Å². The molecule has 2 amide bonds. The number of aliphatic carboxylic acids is 1. The van der Waals surface area contributed by atoms with Gasteiger partial charge in [0, 0.05) is 12.1 Å². The summed E-state index contributed by atoms with van der Waals surface area (Å²) in [6.45, 7) is 4.54. The molecule has 13 heteroatoms. The van der Waals surface area contributed by atoms with Gasteiger partial charge in [-0.1, -0.05) is 6.58 Å². The third-order valence-electron chi connectivity index (χ3n) is 4.06. The predicted octanol–water partition coefficient (Wildman–Crippen LogP) is 0.609. The van der Waals surface area contributed by atoms with Gasteiger partial charge in [-0.15, -0.1) is 0 Å². The fraction of sp³-hybridized carbons (Fsp3) is 0.312. The second-order valence-electron chi connectivity index (χ2n) is 6.12. The zero-order chi connectivity index (χ0) is 21.9. The summed E-state index contributed by atoms with van der Waals surface area (Å²) < 4.78 is 25.9. The molecule has 0 aliphatic carbocycles. The highest BCUT2D eigenvalue weighted by Gasteiger charge is 2.56. The Kier molecular flexibility index (Phi) is 6.66. The number of rotatable bonds is 8. The van der Waals surface area contributed by atoms with Gasteiger partial charge in [-0.05, 0) is 30.2 Å². The van der Waals surface area contributed by atoms with Crippen molar-refractivity contribution in [3.8, 4) is 0 Å². The topological polar surface area (TPSA) is 176 Å². The minimum absolute atomic E-state index is 0.0699. The summed E-state index contributed by atoms with van der Waals surface area (Å²) in [7, 11) is 0. The molecular formula is C16H17N3O9S. The number of nitrogens with one attached hydrogen (secondary N) is 1. The molecule has 1 aliphatic heterocycles. The van der Waals surface area contributed by atoms with Crippen molar-refractivity contribution in [1.29, 1.82) is 0 Å². The summed E-state index contributed by atoms with van der Waals surface area (Å²) in [6.07, 6.45) is -1.08. The molecule has 2 rings (SSSR count). The Hall–Kier alpha value is -3.32. The van der Waals surface area contributed by atoms with Gasteiger partial charge in [-0.3, -0.25) is 14.9 Å². The summed E-state index contributed by atoms with van der Waals surface area (Å²) in [5.41, 5.74) is 0.362. The number of carboxylic acid groups (broad SMARTS) is 1. The van der Waals surface area contributed by atoms with Crippen molar-refractivity contribution in [3.05, 3.63) is 52.1 Å². The Morgan fingerprint density at radius 1 is 1.41 bits per heavy atom. The monoisotopic (exact) mass is 427 g/mol. The lowest BCUT2D eigenvalue weighted by Crippen LogP contribution is -2.75. The van der Waals surface area contributed by atoms with Crippen LogP contribution >= 0.6 is 0 Å². The first-order valence-electron chi connectivity index (χ1n) is 8.01. The Balaban J connectivity index is 2.01. The number of benzene rings is 1. The standard InChI is InChI=1S/C16H17N3O9S/c1-8(2)12(15(21)22)18-13(20)11(14(18)29(26)27)17-16(23)28-7-9-3-5-10(6-4-9)19(24)25/h3-6,11-12,14H,1,7H2,2H3,(H,17,23)(H,21,22)(H,26,27). The van der Waals surface area contributed by atoms with Crippen molar-refractivity contribution in [2.75, 3.05) is 0 Å². The number of alkyl carbamates (subject to hydrolysis) is 1. The molecule has 12 nitrogen and oxygen atoms in total. The highest BCUT2D eigenvalue weighted by molar-refractivity contribution is 7.80. The highest BCUT2D eigenvalue weighted by atomic mass is 32.2. The lowest BCUT2D eigenvalue weighted by molar-refractivity contribution is -0.384. The highest BCUT2D eigenvalue weighted by Crippen LogP contribution is 2.28. The van der Waals surface area contributed by atoms with Crippen LogP contribution in [0.2, 0.25) is 0 Å². The number of carbonyl (C=O) groups excluding carboxylic acids is 2. The van der Waals surface area contributed by atoms with E-state index in [4.69, 9.17) is 4.74 Å². The summed E-state index contributed by atoms with van der Waals surface area (Å²) in [5.74, 6) is -2.31. The van der Waals surface area contributed by atoms with Crippen molar-refractivity contribution < 1.29 is 37.9 Å². The quantitative estimate of drug-likeness (QED) is 0.176. The van der Waals surface area contributed by atoms with E-state index >= 15 is 0 Å². The molecule has 0 radical (unpaired) electrons. The van der Waals surface area contributed by atoms with Crippen LogP contribution in [0.4, 0.5) is 10.5 Å². The molecule has 0 aromatic heterocycles. The van der Waals surface area contributed by atoms with E-state index in [-0.39, 0.29) is 17.9 Å². The molecule has 1 saturated heterocycles. The van der Waals surface area contributed by atoms with E-state index in [1.54, 1.807) is 0 Å². The van der Waals surface area contributed by atoms with Crippen molar-refractivity contribution in [1.82, 2.24) is 10.2 Å². The first-order valence-corrected chi connectivity index (χ1v) is 9.18. The molecule has 1 aliphatic rings. The first-order chi connectivity index (χ1) is 13.5. The lowest BCUT2D eigenvalue weighted by atomic mass is 9.99. The minimum atomic E-state index is -2.66. The van der Waals surface area contributed by atoms with E-state index in [2.05, 4.69) is 11.9 Å². The molecule has 4 atom stereocenters. The number of β-lactam (4-membered cyclic amide) rings is 1. The van der Waals surface area contributed by atoms with Gasteiger partial charge in [0.25, 0.3) is 11.6 Å². The Morgan fingerprint density at radius 3 is 2.45 bits per heavy atom. The van der Waals surface area contributed by atoms with E-state index in [0.717, 1.165) is 0 Å². The number of nitro groups is 1. The van der Waals surface area contributed by atoms with Crippen LogP contribution in [-0.4, -0.2) is 59.1 Å². The molecule has 1 heterocycles. The fourth-order valence-corrected chi connectivity index (χ4v) is 3.54. The van der Waals surface area contributed by atoms with Gasteiger partial charge >= 0.3 is 12.1 Å². The van der Waals surface area contributed by atoms with Crippen LogP contribution < -0.4 is 5.32 Å². The number of carboxylic acids is 1. The van der Waals surface area contributed by atoms with Crippen molar-refractivity contribution in [2.24, 2.45) is 0 Å². The number of non-ortho nitro benzene ring substituents is 1. The fourth-order valence-electron chi connectivity index (χ4n) is 2.71. The van der Waals surface area contributed by atoms with E-state index in [1.165, 1.54) is 31.2 Å². The number of hydrogen-bond donors (Lipinski definition) is 3. The van der Waals surface area contributed by atoms with Crippen molar-refractivity contribution in [3.63, 3.8) is 0 Å². The maximum atomic E-state index is 12.3. The Morgan fingerprint density at radius 2 is 2.00 bits per heavy atom. The number of hydrogen-bond acceptors (Lipinski definition) is 7. The van der Waals surface area contributed by atoms with E-state index < -0.39 is 51.4 Å². The second kappa shape index (κ2) is 8.79. The van der Waals surface area contributed by atoms with Gasteiger partial charge in [0.15, 0.2) is 22.5 Å². The van der Waals surface area contributed by atoms with Crippen molar-refractivity contribution >= 4 is 34.7 Å². The molecule has 0 spiro atoms. The summed E-state index contributed by atoms with van der Waals surface area (Å²) in [5, 5.41) is 20.5. The number of nitrogens with zero attached hydrogens (tertiary/aromatic N) is 2. The van der Waals surface area contributed by atoms with Gasteiger partial charge in [0.05, 0.1) is 4.92 Å². The lowest BCUT2D eigenvalue weighted by Gasteiger charge is -2.47. The summed E-state index contributed by atoms with van der Waals surface area (Å²) in [4.78, 5) is 46.2. The number of likely N-dealkylation sites (tertiary alicyclic amines) is 1. The second-order valence-corrected chi connectivity index (χ2v) is 7.16. The molecule has 156 valence electrons. The number of carbonyl (C=O) groups is 3. The van der Waals surface area contributed by atoms with Crippen LogP contribution in [0.1, 0.15) is 12.5 Å². The van der Waals surface area contributed by atoms with E-state index in [1.807, 2.05) is 0 Å². The number of amides is 2. The van der Waals surface area contributed by atoms with Crippen LogP contribution in [0.15, 0.2) is 36.4 Å². The molecule has 4 unspecified atom stereocenters. The maximum absolute atomic E-state index is 12.3. The summed E-state index contributed by atoms with van der Waals surface area (Å²) >= 11 is -2.66. The molecule has 3 N–H and O–H groups in total. The van der Waals surface area contributed by atoms with Crippen LogP contribution in [0.3, 0.4) is 0 Å². The Labute approximate surface area is 166 Å². The third kappa shape index (κ3) is 4.75. The summed E-state index contributed by atoms with van der Waals surface area (Å²) in [6, 6.07) is 2.22. The normalized spacial score (nSPS) is 20.2. The van der Waals surface area contributed by atoms with Crippen molar-refractivity contribution in [2.45, 2.75) is 31.0 Å². The molecule has 29 heavy (non-hydrogen) atoms. The average molecular weight is 427 g/mol. The maximum Gasteiger partial charge on any atom is 0.408 e. The van der Waals surface area contributed by atoms with Crippen LogP contribution in [-0.2, 0) is 32.0 Å². The number of nitro benzene ring substituents is 1. The number of ether oxygens (including phenoxy) is 1. The van der Waals surface area contributed by atoms with E-state index in [9.17, 15) is 38.4 Å². The van der Waals surface area contributed by atoms with Gasteiger partial charge in [-0.25, -0.2) is 13.8 Å². The molecule has 0 saturated carbocycles. The predicted molar refractivity (Wildman–Crippen MR) is 97.8 cm³/mol. The van der Waals surface area contributed by atoms with Gasteiger partial charge in [0.1, 0.15) is 12.6 Å². The molecule has 1 aromatic carbocycles. The first kappa shape index (κ1) is 22.0. The average Bonchev–Trinajstić information content (AvgIpc) is 2.64. The zero-order valence-electron chi connectivity index (χ0n) is 15.0. The SMILES string of the molecule is C=C(C)C(C(=O)O)N1C(=O)C(NC(=O)OCc2ccc([N+](=O)[O-])cc2)C1S(=O)O. The molecule has 0 bridgehead atoms.